The van der Waals surface area contributed by atoms with Gasteiger partial charge in [0.05, 0.1) is 28.3 Å². The highest BCUT2D eigenvalue weighted by Gasteiger charge is 2.05. The number of nitrogens with zero attached hydrogens (tertiary/aromatic N) is 1. The first-order chi connectivity index (χ1) is 8.69. The number of aryl methyl sites for hydroxylation is 1. The first kappa shape index (κ1) is 12.8. The van der Waals surface area contributed by atoms with Crippen molar-refractivity contribution in [2.45, 2.75) is 26.2 Å². The molecule has 2 aromatic rings. The molecule has 2 rings (SSSR count). The number of aromatic nitrogens is 1. The lowest BCUT2D eigenvalue weighted by molar-refractivity contribution is -0.137. The van der Waals surface area contributed by atoms with E-state index >= 15 is 0 Å². The van der Waals surface area contributed by atoms with Crippen LogP contribution in [0.1, 0.15) is 24.8 Å². The van der Waals surface area contributed by atoms with Gasteiger partial charge >= 0.3 is 5.97 Å². The highest BCUT2D eigenvalue weighted by molar-refractivity contribution is 7.18. The number of benzene rings is 1. The average Bonchev–Trinajstić information content (AvgIpc) is 2.70. The number of fused-ring (bicyclic) bond motifs is 1. The van der Waals surface area contributed by atoms with Crippen LogP contribution in [0.25, 0.3) is 10.2 Å². The van der Waals surface area contributed by atoms with Crippen LogP contribution in [0.15, 0.2) is 18.2 Å². The van der Waals surface area contributed by atoms with Crippen molar-refractivity contribution in [2.24, 2.45) is 0 Å². The van der Waals surface area contributed by atoms with E-state index in [1.807, 2.05) is 18.2 Å². The molecule has 0 aliphatic carbocycles. The predicted molar refractivity (Wildman–Crippen MR) is 71.4 cm³/mol. The zero-order chi connectivity index (χ0) is 13.0. The van der Waals surface area contributed by atoms with E-state index in [9.17, 15) is 4.79 Å². The number of thiazole rings is 1. The molecule has 1 aromatic carbocycles. The Kier molecular flexibility index (Phi) is 4.15. The van der Waals surface area contributed by atoms with E-state index in [2.05, 4.69) is 11.9 Å². The van der Waals surface area contributed by atoms with Crippen LogP contribution in [0, 0.1) is 0 Å². The monoisotopic (exact) mass is 265 g/mol. The highest BCUT2D eigenvalue weighted by atomic mass is 32.1. The quantitative estimate of drug-likeness (QED) is 0.871. The maximum absolute atomic E-state index is 10.4. The van der Waals surface area contributed by atoms with E-state index in [0.29, 0.717) is 5.75 Å². The summed E-state index contributed by atoms with van der Waals surface area (Å²) in [5, 5.41) is 9.67. The molecule has 0 atom stereocenters. The molecule has 0 amide bonds. The van der Waals surface area contributed by atoms with Crippen molar-refractivity contribution in [1.82, 2.24) is 4.98 Å². The number of ether oxygens (including phenoxy) is 1. The molecular formula is C13H15NO3S. The molecule has 0 saturated carbocycles. The SMILES string of the molecule is CCCc1nc2ccc(OCCC(=O)O)cc2s1. The Bertz CT molecular complexity index is 550. The van der Waals surface area contributed by atoms with E-state index in [-0.39, 0.29) is 13.0 Å². The number of hydrogen-bond acceptors (Lipinski definition) is 4. The molecule has 0 unspecified atom stereocenters. The second-order valence-electron chi connectivity index (χ2n) is 3.98. The molecule has 5 heteroatoms. The average molecular weight is 265 g/mol. The molecule has 0 aliphatic rings. The Morgan fingerprint density at radius 3 is 3.06 bits per heavy atom. The van der Waals surface area contributed by atoms with Gasteiger partial charge in [0, 0.05) is 0 Å². The third-order valence-corrected chi connectivity index (χ3v) is 3.53. The predicted octanol–water partition coefficient (Wildman–Crippen LogP) is 3.10. The molecule has 0 fully saturated rings. The van der Waals surface area contributed by atoms with Crippen molar-refractivity contribution in [3.05, 3.63) is 23.2 Å². The Labute approximate surface area is 109 Å². The normalized spacial score (nSPS) is 10.7. The zero-order valence-electron chi connectivity index (χ0n) is 10.2. The smallest absolute Gasteiger partial charge is 0.306 e. The van der Waals surface area contributed by atoms with E-state index in [1.165, 1.54) is 0 Å². The van der Waals surface area contributed by atoms with Crippen LogP contribution in [0.4, 0.5) is 0 Å². The molecule has 4 nitrogen and oxygen atoms in total. The minimum atomic E-state index is -0.848. The maximum Gasteiger partial charge on any atom is 0.306 e. The van der Waals surface area contributed by atoms with Gasteiger partial charge in [-0.05, 0) is 31.0 Å². The van der Waals surface area contributed by atoms with Gasteiger partial charge in [-0.3, -0.25) is 4.79 Å². The van der Waals surface area contributed by atoms with Crippen molar-refractivity contribution in [1.29, 1.82) is 0 Å². The van der Waals surface area contributed by atoms with Gasteiger partial charge in [-0.25, -0.2) is 4.98 Å². The lowest BCUT2D eigenvalue weighted by Gasteiger charge is -2.03. The summed E-state index contributed by atoms with van der Waals surface area (Å²) in [7, 11) is 0. The van der Waals surface area contributed by atoms with Crippen LogP contribution in [-0.4, -0.2) is 22.7 Å². The summed E-state index contributed by atoms with van der Waals surface area (Å²) in [6, 6.07) is 5.68. The molecule has 0 radical (unpaired) electrons. The third-order valence-electron chi connectivity index (χ3n) is 2.45. The molecule has 18 heavy (non-hydrogen) atoms. The van der Waals surface area contributed by atoms with E-state index in [0.717, 1.165) is 28.1 Å². The van der Waals surface area contributed by atoms with E-state index < -0.39 is 5.97 Å². The van der Waals surface area contributed by atoms with Crippen LogP contribution >= 0.6 is 11.3 Å². The van der Waals surface area contributed by atoms with Crippen LogP contribution in [0.3, 0.4) is 0 Å². The van der Waals surface area contributed by atoms with Gasteiger partial charge in [0.1, 0.15) is 5.75 Å². The van der Waals surface area contributed by atoms with Crippen molar-refractivity contribution in [3.63, 3.8) is 0 Å². The summed E-state index contributed by atoms with van der Waals surface area (Å²) in [6.45, 7) is 2.33. The minimum Gasteiger partial charge on any atom is -0.493 e. The number of carboxylic acids is 1. The van der Waals surface area contributed by atoms with Crippen LogP contribution in [-0.2, 0) is 11.2 Å². The maximum atomic E-state index is 10.4. The molecule has 1 heterocycles. The molecule has 0 aliphatic heterocycles. The van der Waals surface area contributed by atoms with Gasteiger partial charge < -0.3 is 9.84 Å². The standard InChI is InChI=1S/C13H15NO3S/c1-2-3-12-14-10-5-4-9(8-11(10)18-12)17-7-6-13(15)16/h4-5,8H,2-3,6-7H2,1H3,(H,15,16). The summed E-state index contributed by atoms with van der Waals surface area (Å²) < 4.78 is 6.48. The van der Waals surface area contributed by atoms with Gasteiger partial charge in [0.25, 0.3) is 0 Å². The molecule has 0 saturated heterocycles. The largest absolute Gasteiger partial charge is 0.493 e. The van der Waals surface area contributed by atoms with Crippen molar-refractivity contribution < 1.29 is 14.6 Å². The summed E-state index contributed by atoms with van der Waals surface area (Å²) in [5.41, 5.74) is 0.981. The van der Waals surface area contributed by atoms with Crippen molar-refractivity contribution in [2.75, 3.05) is 6.61 Å². The second-order valence-corrected chi connectivity index (χ2v) is 5.09. The molecule has 0 bridgehead atoms. The molecule has 1 aromatic heterocycles. The summed E-state index contributed by atoms with van der Waals surface area (Å²) in [6.07, 6.45) is 2.10. The Morgan fingerprint density at radius 2 is 2.33 bits per heavy atom. The molecule has 1 N–H and O–H groups in total. The first-order valence-corrected chi connectivity index (χ1v) is 6.74. The van der Waals surface area contributed by atoms with Crippen LogP contribution < -0.4 is 4.74 Å². The Hall–Kier alpha value is -1.62. The van der Waals surface area contributed by atoms with Crippen molar-refractivity contribution >= 4 is 27.5 Å². The summed E-state index contributed by atoms with van der Waals surface area (Å²) >= 11 is 1.67. The highest BCUT2D eigenvalue weighted by Crippen LogP contribution is 2.27. The molecular weight excluding hydrogens is 250 g/mol. The van der Waals surface area contributed by atoms with E-state index in [1.54, 1.807) is 11.3 Å². The van der Waals surface area contributed by atoms with E-state index in [4.69, 9.17) is 9.84 Å². The minimum absolute atomic E-state index is 0.0157. The number of carbonyl (C=O) groups is 1. The van der Waals surface area contributed by atoms with Crippen molar-refractivity contribution in [3.8, 4) is 5.75 Å². The van der Waals surface area contributed by atoms with Gasteiger partial charge in [0.2, 0.25) is 0 Å². The second kappa shape index (κ2) is 5.82. The fourth-order valence-electron chi connectivity index (χ4n) is 1.62. The van der Waals surface area contributed by atoms with Gasteiger partial charge in [-0.1, -0.05) is 6.92 Å². The van der Waals surface area contributed by atoms with Gasteiger partial charge in [0.15, 0.2) is 0 Å². The first-order valence-electron chi connectivity index (χ1n) is 5.93. The lowest BCUT2D eigenvalue weighted by atomic mass is 10.3. The van der Waals surface area contributed by atoms with Crippen LogP contribution in [0.5, 0.6) is 5.75 Å². The van der Waals surface area contributed by atoms with Gasteiger partial charge in [-0.15, -0.1) is 11.3 Å². The molecule has 96 valence electrons. The number of carboxylic acid groups (broad SMARTS) is 1. The zero-order valence-corrected chi connectivity index (χ0v) is 11.0. The fourth-order valence-corrected chi connectivity index (χ4v) is 2.72. The number of aliphatic carboxylic acids is 1. The van der Waals surface area contributed by atoms with Crippen LogP contribution in [0.2, 0.25) is 0 Å². The fraction of sp³-hybridized carbons (Fsp3) is 0.385. The van der Waals surface area contributed by atoms with Gasteiger partial charge in [-0.2, -0.15) is 0 Å². The molecule has 0 spiro atoms. The Balaban J connectivity index is 2.09. The topological polar surface area (TPSA) is 59.4 Å². The number of hydrogen-bond donors (Lipinski definition) is 1. The lowest BCUT2D eigenvalue weighted by Crippen LogP contribution is -2.04. The third kappa shape index (κ3) is 3.20. The number of rotatable bonds is 6. The summed E-state index contributed by atoms with van der Waals surface area (Å²) in [5.74, 6) is -0.144. The summed E-state index contributed by atoms with van der Waals surface area (Å²) in [4.78, 5) is 14.9. The Morgan fingerprint density at radius 1 is 1.50 bits per heavy atom.